The molecule has 1 saturated carbocycles. The first-order valence-electron chi connectivity index (χ1n) is 8.10. The van der Waals surface area contributed by atoms with E-state index in [1.807, 2.05) is 4.57 Å². The van der Waals surface area contributed by atoms with Gasteiger partial charge in [0.05, 0.1) is 10.8 Å². The summed E-state index contributed by atoms with van der Waals surface area (Å²) in [6, 6.07) is 4.25. The van der Waals surface area contributed by atoms with E-state index in [1.165, 1.54) is 30.0 Å². The van der Waals surface area contributed by atoms with Crippen molar-refractivity contribution in [2.45, 2.75) is 37.2 Å². The summed E-state index contributed by atoms with van der Waals surface area (Å²) < 4.78 is 20.5. The summed E-state index contributed by atoms with van der Waals surface area (Å²) in [5.74, 6) is 0.757. The fourth-order valence-corrected chi connectivity index (χ4v) is 3.21. The standard InChI is InChI=1S/C17H18ClFN4O2S/c1-2-7-23-15(9-25-14-6-3-11(19)8-13(14)18)21-22-17(23)26-10-16(24)20-12-4-5-12/h2-3,6,8,12H,1,4-5,7,9-10H2,(H,20,24). The van der Waals surface area contributed by atoms with Crippen LogP contribution < -0.4 is 10.1 Å². The average molecular weight is 397 g/mol. The molecule has 138 valence electrons. The van der Waals surface area contributed by atoms with E-state index in [4.69, 9.17) is 16.3 Å². The molecule has 9 heteroatoms. The van der Waals surface area contributed by atoms with Crippen LogP contribution >= 0.6 is 23.4 Å². The second-order valence-corrected chi connectivity index (χ2v) is 7.14. The molecule has 1 aliphatic rings. The van der Waals surface area contributed by atoms with Crippen molar-refractivity contribution in [2.75, 3.05) is 5.75 Å². The van der Waals surface area contributed by atoms with E-state index in [9.17, 15) is 9.18 Å². The van der Waals surface area contributed by atoms with Gasteiger partial charge in [0.2, 0.25) is 5.91 Å². The molecule has 1 amide bonds. The molecular weight excluding hydrogens is 379 g/mol. The lowest BCUT2D eigenvalue weighted by Crippen LogP contribution is -2.27. The summed E-state index contributed by atoms with van der Waals surface area (Å²) in [5.41, 5.74) is 0. The van der Waals surface area contributed by atoms with Crippen LogP contribution in [-0.2, 0) is 17.9 Å². The van der Waals surface area contributed by atoms with Crippen LogP contribution in [0.4, 0.5) is 4.39 Å². The summed E-state index contributed by atoms with van der Waals surface area (Å²) >= 11 is 7.27. The van der Waals surface area contributed by atoms with Gasteiger partial charge >= 0.3 is 0 Å². The van der Waals surface area contributed by atoms with E-state index in [2.05, 4.69) is 22.1 Å². The minimum absolute atomic E-state index is 0.0125. The monoisotopic (exact) mass is 396 g/mol. The highest BCUT2D eigenvalue weighted by Gasteiger charge is 2.23. The van der Waals surface area contributed by atoms with Gasteiger partial charge in [-0.15, -0.1) is 16.8 Å². The summed E-state index contributed by atoms with van der Waals surface area (Å²) in [6.45, 7) is 4.33. The number of aromatic nitrogens is 3. The molecule has 1 fully saturated rings. The second kappa shape index (κ2) is 8.55. The predicted octanol–water partition coefficient (Wildman–Crippen LogP) is 3.21. The summed E-state index contributed by atoms with van der Waals surface area (Å²) in [6.07, 6.45) is 3.82. The van der Waals surface area contributed by atoms with Gasteiger partial charge in [-0.2, -0.15) is 0 Å². The Balaban J connectivity index is 1.63. The lowest BCUT2D eigenvalue weighted by molar-refractivity contribution is -0.118. The molecule has 0 saturated heterocycles. The highest BCUT2D eigenvalue weighted by atomic mass is 35.5. The molecule has 0 unspecified atom stereocenters. The number of benzene rings is 1. The fraction of sp³-hybridized carbons (Fsp3) is 0.353. The number of nitrogens with zero attached hydrogens (tertiary/aromatic N) is 3. The minimum atomic E-state index is -0.430. The van der Waals surface area contributed by atoms with E-state index in [1.54, 1.807) is 6.08 Å². The lowest BCUT2D eigenvalue weighted by Gasteiger charge is -2.10. The Morgan fingerprint density at radius 3 is 3.00 bits per heavy atom. The SMILES string of the molecule is C=CCn1c(COc2ccc(F)cc2Cl)nnc1SCC(=O)NC1CC1. The molecule has 0 atom stereocenters. The van der Waals surface area contributed by atoms with Crippen molar-refractivity contribution >= 4 is 29.3 Å². The number of allylic oxidation sites excluding steroid dienone is 1. The zero-order chi connectivity index (χ0) is 18.5. The number of carbonyl (C=O) groups is 1. The van der Waals surface area contributed by atoms with E-state index in [0.717, 1.165) is 12.8 Å². The van der Waals surface area contributed by atoms with E-state index in [0.29, 0.717) is 29.3 Å². The highest BCUT2D eigenvalue weighted by Crippen LogP contribution is 2.26. The Morgan fingerprint density at radius 2 is 2.31 bits per heavy atom. The number of ether oxygens (including phenoxy) is 1. The quantitative estimate of drug-likeness (QED) is 0.520. The van der Waals surface area contributed by atoms with Crippen LogP contribution in [-0.4, -0.2) is 32.5 Å². The summed E-state index contributed by atoms with van der Waals surface area (Å²) in [5, 5.41) is 12.0. The zero-order valence-electron chi connectivity index (χ0n) is 14.0. The molecule has 1 aliphatic carbocycles. The molecule has 0 radical (unpaired) electrons. The topological polar surface area (TPSA) is 69.0 Å². The molecule has 1 aromatic heterocycles. The van der Waals surface area contributed by atoms with Crippen molar-refractivity contribution in [3.63, 3.8) is 0 Å². The van der Waals surface area contributed by atoms with Crippen molar-refractivity contribution < 1.29 is 13.9 Å². The van der Waals surface area contributed by atoms with Gasteiger partial charge in [-0.3, -0.25) is 9.36 Å². The largest absolute Gasteiger partial charge is 0.484 e. The zero-order valence-corrected chi connectivity index (χ0v) is 15.5. The number of hydrogen-bond acceptors (Lipinski definition) is 5. The molecule has 0 bridgehead atoms. The maximum atomic E-state index is 13.1. The number of hydrogen-bond donors (Lipinski definition) is 1. The molecule has 1 N–H and O–H groups in total. The summed E-state index contributed by atoms with van der Waals surface area (Å²) in [4.78, 5) is 11.8. The smallest absolute Gasteiger partial charge is 0.230 e. The van der Waals surface area contributed by atoms with Gasteiger partial charge in [-0.25, -0.2) is 4.39 Å². The Bertz CT molecular complexity index is 810. The highest BCUT2D eigenvalue weighted by molar-refractivity contribution is 7.99. The van der Waals surface area contributed by atoms with Crippen LogP contribution in [0.1, 0.15) is 18.7 Å². The molecule has 1 aromatic carbocycles. The fourth-order valence-electron chi connectivity index (χ4n) is 2.21. The summed E-state index contributed by atoms with van der Waals surface area (Å²) in [7, 11) is 0. The number of halogens is 2. The molecule has 1 heterocycles. The van der Waals surface area contributed by atoms with Crippen molar-refractivity contribution in [3.05, 3.63) is 47.5 Å². The van der Waals surface area contributed by atoms with Crippen molar-refractivity contribution in [1.29, 1.82) is 0 Å². The lowest BCUT2D eigenvalue weighted by atomic mass is 10.3. The maximum absolute atomic E-state index is 13.1. The predicted molar refractivity (Wildman–Crippen MR) is 97.8 cm³/mol. The van der Waals surface area contributed by atoms with Crippen LogP contribution in [0.5, 0.6) is 5.75 Å². The third-order valence-electron chi connectivity index (χ3n) is 3.63. The van der Waals surface area contributed by atoms with Crippen molar-refractivity contribution in [3.8, 4) is 5.75 Å². The number of amides is 1. The molecule has 6 nitrogen and oxygen atoms in total. The molecule has 26 heavy (non-hydrogen) atoms. The Morgan fingerprint density at radius 1 is 1.50 bits per heavy atom. The van der Waals surface area contributed by atoms with Crippen LogP contribution in [0.25, 0.3) is 0 Å². The van der Waals surface area contributed by atoms with Crippen LogP contribution in [0.2, 0.25) is 5.02 Å². The van der Waals surface area contributed by atoms with E-state index >= 15 is 0 Å². The first-order chi connectivity index (χ1) is 12.6. The maximum Gasteiger partial charge on any atom is 0.230 e. The average Bonchev–Trinajstić information content (AvgIpc) is 3.33. The Labute approximate surface area is 159 Å². The van der Waals surface area contributed by atoms with Crippen LogP contribution in [0, 0.1) is 5.82 Å². The minimum Gasteiger partial charge on any atom is -0.484 e. The Hall–Kier alpha value is -2.06. The molecule has 3 rings (SSSR count). The third kappa shape index (κ3) is 4.98. The normalized spacial score (nSPS) is 13.5. The molecular formula is C17H18ClFN4O2S. The van der Waals surface area contributed by atoms with Gasteiger partial charge in [0.15, 0.2) is 11.0 Å². The van der Waals surface area contributed by atoms with Gasteiger partial charge in [0, 0.05) is 12.6 Å². The van der Waals surface area contributed by atoms with E-state index < -0.39 is 5.82 Å². The van der Waals surface area contributed by atoms with Gasteiger partial charge in [-0.05, 0) is 31.0 Å². The number of carbonyl (C=O) groups excluding carboxylic acids is 1. The van der Waals surface area contributed by atoms with Crippen molar-refractivity contribution in [2.24, 2.45) is 0 Å². The van der Waals surface area contributed by atoms with Gasteiger partial charge in [0.1, 0.15) is 18.2 Å². The van der Waals surface area contributed by atoms with Gasteiger partial charge in [-0.1, -0.05) is 29.4 Å². The second-order valence-electron chi connectivity index (χ2n) is 5.79. The molecule has 2 aromatic rings. The number of rotatable bonds is 9. The number of thioether (sulfide) groups is 1. The van der Waals surface area contributed by atoms with Crippen molar-refractivity contribution in [1.82, 2.24) is 20.1 Å². The van der Waals surface area contributed by atoms with E-state index in [-0.39, 0.29) is 23.3 Å². The van der Waals surface area contributed by atoms with Gasteiger partial charge in [0.25, 0.3) is 0 Å². The first-order valence-corrected chi connectivity index (χ1v) is 9.46. The van der Waals surface area contributed by atoms with Crippen LogP contribution in [0.15, 0.2) is 36.0 Å². The third-order valence-corrected chi connectivity index (χ3v) is 4.89. The first kappa shape index (κ1) is 18.7. The molecule has 0 spiro atoms. The number of nitrogens with one attached hydrogen (secondary N) is 1. The van der Waals surface area contributed by atoms with Crippen LogP contribution in [0.3, 0.4) is 0 Å². The molecule has 0 aliphatic heterocycles. The Kier molecular flexibility index (Phi) is 6.16. The van der Waals surface area contributed by atoms with Gasteiger partial charge < -0.3 is 10.1 Å².